The van der Waals surface area contributed by atoms with Gasteiger partial charge in [-0.05, 0) is 12.8 Å². The van der Waals surface area contributed by atoms with Crippen LogP contribution in [0.25, 0.3) is 0 Å². The summed E-state index contributed by atoms with van der Waals surface area (Å²) in [6, 6.07) is -1.13. The maximum atomic E-state index is 12.6. The fourth-order valence-electron chi connectivity index (χ4n) is 6.32. The van der Waals surface area contributed by atoms with Gasteiger partial charge in [0, 0.05) is 61.0 Å². The van der Waals surface area contributed by atoms with Gasteiger partial charge in [0.2, 0.25) is 5.91 Å². The van der Waals surface area contributed by atoms with Crippen molar-refractivity contribution in [2.75, 3.05) is 19.8 Å². The second-order valence-electron chi connectivity index (χ2n) is 12.9. The van der Waals surface area contributed by atoms with Crippen molar-refractivity contribution in [3.05, 3.63) is 0 Å². The SMILES string of the molecule is CCCCCCCCO[C@@H]1O[C@H](COC(C)=O)[C@@H](O[C@@H]2C[C@H](COC(C)=O)[C@H](OC(C)=O)[C@H](OC(C)=O)[C@H]2OC(C)=O)[C@H](OC(C)=O)[C@H]1NC(C)=O. The zero-order chi connectivity index (χ0) is 39.0. The van der Waals surface area contributed by atoms with Crippen LogP contribution in [0.4, 0.5) is 0 Å². The number of hydrogen-bond donors (Lipinski definition) is 1. The molecule has 0 aromatic carbocycles. The Morgan fingerprint density at radius 2 is 1.12 bits per heavy atom. The van der Waals surface area contributed by atoms with E-state index in [1.54, 1.807) is 0 Å². The number of esters is 6. The molecular weight excluding hydrogens is 690 g/mol. The maximum Gasteiger partial charge on any atom is 0.303 e. The highest BCUT2D eigenvalue weighted by molar-refractivity contribution is 5.73. The van der Waals surface area contributed by atoms with Gasteiger partial charge in [0.25, 0.3) is 0 Å². The molecule has 0 bridgehead atoms. The third-order valence-corrected chi connectivity index (χ3v) is 8.30. The summed E-state index contributed by atoms with van der Waals surface area (Å²) >= 11 is 0. The van der Waals surface area contributed by atoms with Gasteiger partial charge in [0.05, 0.1) is 12.7 Å². The Labute approximate surface area is 304 Å². The van der Waals surface area contributed by atoms with E-state index >= 15 is 0 Å². The number of carbonyl (C=O) groups is 7. The third-order valence-electron chi connectivity index (χ3n) is 8.30. The Kier molecular flexibility index (Phi) is 19.0. The molecule has 1 aliphatic heterocycles. The molecule has 2 aliphatic rings. The van der Waals surface area contributed by atoms with E-state index < -0.39 is 109 Å². The second-order valence-corrected chi connectivity index (χ2v) is 12.9. The zero-order valence-corrected chi connectivity index (χ0v) is 31.4. The van der Waals surface area contributed by atoms with E-state index in [0.29, 0.717) is 6.42 Å². The number of unbranched alkanes of at least 4 members (excludes halogenated alkanes) is 5. The van der Waals surface area contributed by atoms with Gasteiger partial charge in [0.1, 0.15) is 31.0 Å². The summed E-state index contributed by atoms with van der Waals surface area (Å²) in [7, 11) is 0. The summed E-state index contributed by atoms with van der Waals surface area (Å²) in [4.78, 5) is 86.0. The van der Waals surface area contributed by atoms with Gasteiger partial charge in [-0.3, -0.25) is 33.6 Å². The molecule has 296 valence electrons. The van der Waals surface area contributed by atoms with Gasteiger partial charge in [-0.15, -0.1) is 0 Å². The topological polar surface area (TPSA) is 215 Å². The molecule has 1 saturated carbocycles. The monoisotopic (exact) mass is 745 g/mol. The number of nitrogens with one attached hydrogen (secondary N) is 1. The number of carbonyl (C=O) groups excluding carboxylic acids is 7. The van der Waals surface area contributed by atoms with E-state index in [1.807, 2.05) is 0 Å². The van der Waals surface area contributed by atoms with Crippen LogP contribution >= 0.6 is 0 Å². The van der Waals surface area contributed by atoms with Crippen LogP contribution < -0.4 is 5.32 Å². The van der Waals surface area contributed by atoms with E-state index in [2.05, 4.69) is 12.2 Å². The largest absolute Gasteiger partial charge is 0.465 e. The average molecular weight is 746 g/mol. The molecular formula is C35H55NO16. The van der Waals surface area contributed by atoms with Gasteiger partial charge >= 0.3 is 35.8 Å². The van der Waals surface area contributed by atoms with Crippen molar-refractivity contribution in [3.63, 3.8) is 0 Å². The van der Waals surface area contributed by atoms with Gasteiger partial charge in [-0.1, -0.05) is 39.0 Å². The Morgan fingerprint density at radius 3 is 1.67 bits per heavy atom. The quantitative estimate of drug-likeness (QED) is 0.114. The summed E-state index contributed by atoms with van der Waals surface area (Å²) < 4.78 is 52.1. The molecule has 17 heteroatoms. The molecule has 1 N–H and O–H groups in total. The third kappa shape index (κ3) is 15.0. The van der Waals surface area contributed by atoms with Crippen molar-refractivity contribution in [2.24, 2.45) is 5.92 Å². The van der Waals surface area contributed by atoms with Gasteiger partial charge in [0.15, 0.2) is 24.6 Å². The van der Waals surface area contributed by atoms with Crippen LogP contribution in [0.5, 0.6) is 0 Å². The summed E-state index contributed by atoms with van der Waals surface area (Å²) in [6.45, 7) is 9.76. The molecule has 1 heterocycles. The van der Waals surface area contributed by atoms with Crippen molar-refractivity contribution >= 4 is 41.7 Å². The Hall–Kier alpha value is -3.83. The average Bonchev–Trinajstić information content (AvgIpc) is 3.02. The molecule has 0 unspecified atom stereocenters. The highest BCUT2D eigenvalue weighted by Gasteiger charge is 2.56. The Bertz CT molecular complexity index is 1230. The van der Waals surface area contributed by atoms with Crippen LogP contribution in [-0.4, -0.2) is 117 Å². The fourth-order valence-corrected chi connectivity index (χ4v) is 6.32. The first-order chi connectivity index (χ1) is 24.5. The van der Waals surface area contributed by atoms with Crippen molar-refractivity contribution < 1.29 is 76.2 Å². The minimum Gasteiger partial charge on any atom is -0.465 e. The second kappa shape index (κ2) is 22.3. The van der Waals surface area contributed by atoms with Crippen LogP contribution in [0.1, 0.15) is 100 Å². The summed E-state index contributed by atoms with van der Waals surface area (Å²) in [5, 5.41) is 2.73. The van der Waals surface area contributed by atoms with E-state index in [9.17, 15) is 33.6 Å². The molecule has 0 spiro atoms. The first-order valence-electron chi connectivity index (χ1n) is 17.7. The van der Waals surface area contributed by atoms with Crippen LogP contribution in [0, 0.1) is 5.92 Å². The lowest BCUT2D eigenvalue weighted by Gasteiger charge is -2.49. The lowest BCUT2D eigenvalue weighted by Crippen LogP contribution is -2.68. The highest BCUT2D eigenvalue weighted by atomic mass is 16.7. The fraction of sp³-hybridized carbons (Fsp3) is 0.800. The predicted octanol–water partition coefficient (Wildman–Crippen LogP) is 2.22. The van der Waals surface area contributed by atoms with Gasteiger partial charge < -0.3 is 47.9 Å². The maximum absolute atomic E-state index is 12.6. The number of amides is 1. The minimum atomic E-state index is -1.45. The lowest BCUT2D eigenvalue weighted by atomic mass is 9.80. The zero-order valence-electron chi connectivity index (χ0n) is 31.4. The minimum absolute atomic E-state index is 0.118. The van der Waals surface area contributed by atoms with Crippen LogP contribution in [-0.2, 0) is 76.2 Å². The molecule has 2 fully saturated rings. The number of hydrogen-bond acceptors (Lipinski definition) is 16. The standard InChI is InChI=1S/C35H55NO16/c1-9-10-11-12-13-14-15-44-35-29(36-19(2)37)33(49-24(7)42)32(28(52-35)18-46-21(4)39)51-27-16-26(17-45-20(3)38)30(47-22(5)40)34(50-25(8)43)31(27)48-23(6)41/h26-35H,9-18H2,1-8H3,(H,36,37)/t26-,27-,28-,29-,30+,31+,32-,33-,34+,35-/m1/s1. The van der Waals surface area contributed by atoms with Crippen molar-refractivity contribution in [1.82, 2.24) is 5.32 Å². The van der Waals surface area contributed by atoms with E-state index in [4.69, 9.17) is 42.6 Å². The smallest absolute Gasteiger partial charge is 0.303 e. The van der Waals surface area contributed by atoms with Crippen LogP contribution in [0.2, 0.25) is 0 Å². The van der Waals surface area contributed by atoms with Crippen LogP contribution in [0.3, 0.4) is 0 Å². The molecule has 1 amide bonds. The molecule has 52 heavy (non-hydrogen) atoms. The molecule has 2 rings (SSSR count). The first kappa shape index (κ1) is 44.3. The molecule has 1 saturated heterocycles. The Morgan fingerprint density at radius 1 is 0.596 bits per heavy atom. The number of ether oxygens (including phenoxy) is 9. The van der Waals surface area contributed by atoms with E-state index in [0.717, 1.165) is 59.8 Å². The molecule has 0 aromatic heterocycles. The molecule has 10 atom stereocenters. The van der Waals surface area contributed by atoms with E-state index in [1.165, 1.54) is 20.8 Å². The van der Waals surface area contributed by atoms with E-state index in [-0.39, 0.29) is 19.6 Å². The number of rotatable bonds is 19. The summed E-state index contributed by atoms with van der Waals surface area (Å²) in [5.74, 6) is -5.79. The summed E-state index contributed by atoms with van der Waals surface area (Å²) in [5.41, 5.74) is 0. The Balaban J connectivity index is 2.62. The first-order valence-corrected chi connectivity index (χ1v) is 17.7. The molecule has 0 aromatic rings. The molecule has 1 aliphatic carbocycles. The predicted molar refractivity (Wildman–Crippen MR) is 178 cm³/mol. The molecule has 17 nitrogen and oxygen atoms in total. The van der Waals surface area contributed by atoms with Gasteiger partial charge in [-0.25, -0.2) is 0 Å². The van der Waals surface area contributed by atoms with Crippen molar-refractivity contribution in [1.29, 1.82) is 0 Å². The summed E-state index contributed by atoms with van der Waals surface area (Å²) in [6.07, 6.45) is -4.62. The normalized spacial score (nSPS) is 28.5. The molecule has 0 radical (unpaired) electrons. The van der Waals surface area contributed by atoms with Crippen molar-refractivity contribution in [2.45, 2.75) is 155 Å². The lowest BCUT2D eigenvalue weighted by molar-refractivity contribution is -0.300. The van der Waals surface area contributed by atoms with Gasteiger partial charge in [-0.2, -0.15) is 0 Å². The van der Waals surface area contributed by atoms with Crippen molar-refractivity contribution in [3.8, 4) is 0 Å². The highest BCUT2D eigenvalue weighted by Crippen LogP contribution is 2.38. The van der Waals surface area contributed by atoms with Crippen LogP contribution in [0.15, 0.2) is 0 Å².